The Morgan fingerprint density at radius 2 is 1.90 bits per heavy atom. The maximum Gasteiger partial charge on any atom is 0.0733 e. The van der Waals surface area contributed by atoms with Crippen molar-refractivity contribution in [2.75, 3.05) is 0 Å². The molecular formula is C18H29NO. The van der Waals surface area contributed by atoms with E-state index in [1.807, 2.05) is 6.07 Å². The number of benzene rings is 1. The van der Waals surface area contributed by atoms with Crippen LogP contribution in [-0.4, -0.2) is 12.1 Å². The highest BCUT2D eigenvalue weighted by Crippen LogP contribution is 2.41. The molecule has 2 N–H and O–H groups in total. The number of hydrogen-bond acceptors (Lipinski definition) is 2. The average Bonchev–Trinajstić information content (AvgIpc) is 2.47. The van der Waals surface area contributed by atoms with Gasteiger partial charge in [0, 0.05) is 6.04 Å². The second-order valence-electron chi connectivity index (χ2n) is 6.85. The van der Waals surface area contributed by atoms with Crippen molar-refractivity contribution < 1.29 is 4.74 Å². The smallest absolute Gasteiger partial charge is 0.0733 e. The van der Waals surface area contributed by atoms with E-state index in [-0.39, 0.29) is 12.1 Å². The number of rotatable bonds is 5. The van der Waals surface area contributed by atoms with Crippen LogP contribution in [0.15, 0.2) is 30.3 Å². The summed E-state index contributed by atoms with van der Waals surface area (Å²) >= 11 is 0. The molecule has 2 rings (SSSR count). The van der Waals surface area contributed by atoms with Crippen molar-refractivity contribution in [2.24, 2.45) is 17.1 Å². The van der Waals surface area contributed by atoms with Gasteiger partial charge in [-0.3, -0.25) is 0 Å². The zero-order valence-electron chi connectivity index (χ0n) is 13.1. The van der Waals surface area contributed by atoms with Crippen LogP contribution in [0.3, 0.4) is 0 Å². The lowest BCUT2D eigenvalue weighted by molar-refractivity contribution is -0.0310. The lowest BCUT2D eigenvalue weighted by Gasteiger charge is -2.41. The van der Waals surface area contributed by atoms with Crippen molar-refractivity contribution in [1.82, 2.24) is 0 Å². The van der Waals surface area contributed by atoms with Crippen LogP contribution in [0.5, 0.6) is 0 Å². The molecule has 0 radical (unpaired) electrons. The normalized spacial score (nSPS) is 27.5. The molecule has 1 aromatic rings. The molecule has 0 amide bonds. The molecular weight excluding hydrogens is 246 g/mol. The minimum atomic E-state index is 0.197. The quantitative estimate of drug-likeness (QED) is 0.876. The molecule has 1 aliphatic rings. The summed E-state index contributed by atoms with van der Waals surface area (Å²) in [6.45, 7) is 7.72. The Morgan fingerprint density at radius 1 is 1.20 bits per heavy atom. The van der Waals surface area contributed by atoms with Crippen LogP contribution >= 0.6 is 0 Å². The Labute approximate surface area is 123 Å². The molecule has 0 aromatic heterocycles. The van der Waals surface area contributed by atoms with E-state index in [9.17, 15) is 0 Å². The maximum absolute atomic E-state index is 6.27. The molecule has 0 spiro atoms. The largest absolute Gasteiger partial charge is 0.372 e. The third-order valence-electron chi connectivity index (χ3n) is 5.17. The van der Waals surface area contributed by atoms with E-state index in [0.717, 1.165) is 18.8 Å². The highest BCUT2D eigenvalue weighted by molar-refractivity contribution is 5.13. The molecule has 20 heavy (non-hydrogen) atoms. The van der Waals surface area contributed by atoms with Gasteiger partial charge in [0.05, 0.1) is 12.7 Å². The van der Waals surface area contributed by atoms with E-state index in [4.69, 9.17) is 10.5 Å². The predicted octanol–water partition coefficient (Wildman–Crippen LogP) is 4.14. The van der Waals surface area contributed by atoms with E-state index in [0.29, 0.717) is 12.0 Å². The van der Waals surface area contributed by atoms with Crippen molar-refractivity contribution >= 4 is 0 Å². The summed E-state index contributed by atoms with van der Waals surface area (Å²) in [5.74, 6) is 0.730. The standard InChI is InChI=1S/C18H29NO/c1-4-18(2,3)15-10-11-16(19)17(12-15)20-13-14-8-6-5-7-9-14/h5-9,15-17H,4,10-13,19H2,1-3H3. The third-order valence-corrected chi connectivity index (χ3v) is 5.17. The minimum absolute atomic E-state index is 0.197. The van der Waals surface area contributed by atoms with Gasteiger partial charge in [-0.25, -0.2) is 0 Å². The Balaban J connectivity index is 1.92. The van der Waals surface area contributed by atoms with Crippen molar-refractivity contribution in [3.8, 4) is 0 Å². The monoisotopic (exact) mass is 275 g/mol. The zero-order chi connectivity index (χ0) is 14.6. The van der Waals surface area contributed by atoms with Gasteiger partial charge in [0.1, 0.15) is 0 Å². The molecule has 0 saturated heterocycles. The molecule has 112 valence electrons. The second kappa shape index (κ2) is 6.73. The zero-order valence-corrected chi connectivity index (χ0v) is 13.1. The fourth-order valence-electron chi connectivity index (χ4n) is 3.12. The van der Waals surface area contributed by atoms with Crippen molar-refractivity contribution in [1.29, 1.82) is 0 Å². The van der Waals surface area contributed by atoms with Crippen molar-refractivity contribution in [2.45, 2.75) is 65.2 Å². The molecule has 0 heterocycles. The second-order valence-corrected chi connectivity index (χ2v) is 6.85. The molecule has 3 unspecified atom stereocenters. The Morgan fingerprint density at radius 3 is 2.55 bits per heavy atom. The average molecular weight is 275 g/mol. The molecule has 1 fully saturated rings. The summed E-state index contributed by atoms with van der Waals surface area (Å²) in [6.07, 6.45) is 4.87. The van der Waals surface area contributed by atoms with Crippen LogP contribution in [-0.2, 0) is 11.3 Å². The summed E-state index contributed by atoms with van der Waals surface area (Å²) in [5.41, 5.74) is 7.90. The van der Waals surface area contributed by atoms with Crippen LogP contribution in [0.2, 0.25) is 0 Å². The van der Waals surface area contributed by atoms with E-state index in [1.165, 1.54) is 18.4 Å². The van der Waals surface area contributed by atoms with Crippen LogP contribution in [0.4, 0.5) is 0 Å². The van der Waals surface area contributed by atoms with E-state index >= 15 is 0 Å². The first kappa shape index (κ1) is 15.5. The predicted molar refractivity (Wildman–Crippen MR) is 84.4 cm³/mol. The number of nitrogens with two attached hydrogens (primary N) is 1. The van der Waals surface area contributed by atoms with Gasteiger partial charge >= 0.3 is 0 Å². The van der Waals surface area contributed by atoms with Gasteiger partial charge in [0.15, 0.2) is 0 Å². The van der Waals surface area contributed by atoms with Crippen LogP contribution < -0.4 is 5.73 Å². The fraction of sp³-hybridized carbons (Fsp3) is 0.667. The fourth-order valence-corrected chi connectivity index (χ4v) is 3.12. The molecule has 0 bridgehead atoms. The Kier molecular flexibility index (Phi) is 5.22. The topological polar surface area (TPSA) is 35.2 Å². The summed E-state index contributed by atoms with van der Waals surface area (Å²) < 4.78 is 6.13. The van der Waals surface area contributed by atoms with Gasteiger partial charge in [-0.05, 0) is 36.2 Å². The van der Waals surface area contributed by atoms with E-state index < -0.39 is 0 Å². The van der Waals surface area contributed by atoms with Gasteiger partial charge in [0.2, 0.25) is 0 Å². The SMILES string of the molecule is CCC(C)(C)C1CCC(N)C(OCc2ccccc2)C1. The van der Waals surface area contributed by atoms with E-state index in [1.54, 1.807) is 0 Å². The summed E-state index contributed by atoms with van der Waals surface area (Å²) in [6, 6.07) is 10.6. The molecule has 1 saturated carbocycles. The third kappa shape index (κ3) is 3.83. The highest BCUT2D eigenvalue weighted by Gasteiger charge is 2.36. The summed E-state index contributed by atoms with van der Waals surface area (Å²) in [7, 11) is 0. The van der Waals surface area contributed by atoms with Gasteiger partial charge in [-0.1, -0.05) is 57.5 Å². The first-order chi connectivity index (χ1) is 9.53. The molecule has 2 heteroatoms. The number of hydrogen-bond donors (Lipinski definition) is 1. The lowest BCUT2D eigenvalue weighted by Crippen LogP contribution is -2.44. The molecule has 1 aromatic carbocycles. The number of ether oxygens (including phenoxy) is 1. The van der Waals surface area contributed by atoms with Gasteiger partial charge in [-0.15, -0.1) is 0 Å². The minimum Gasteiger partial charge on any atom is -0.372 e. The molecule has 0 aliphatic heterocycles. The van der Waals surface area contributed by atoms with Gasteiger partial charge in [0.25, 0.3) is 0 Å². The summed E-state index contributed by atoms with van der Waals surface area (Å²) in [5, 5.41) is 0. The maximum atomic E-state index is 6.27. The van der Waals surface area contributed by atoms with Gasteiger partial charge in [-0.2, -0.15) is 0 Å². The Bertz CT molecular complexity index is 401. The molecule has 1 aliphatic carbocycles. The first-order valence-electron chi connectivity index (χ1n) is 7.94. The summed E-state index contributed by atoms with van der Waals surface area (Å²) in [4.78, 5) is 0. The van der Waals surface area contributed by atoms with E-state index in [2.05, 4.69) is 45.0 Å². The van der Waals surface area contributed by atoms with Crippen molar-refractivity contribution in [3.63, 3.8) is 0 Å². The molecule has 3 atom stereocenters. The van der Waals surface area contributed by atoms with Crippen LogP contribution in [0.25, 0.3) is 0 Å². The van der Waals surface area contributed by atoms with Crippen LogP contribution in [0, 0.1) is 11.3 Å². The highest BCUT2D eigenvalue weighted by atomic mass is 16.5. The first-order valence-corrected chi connectivity index (χ1v) is 7.94. The molecule has 2 nitrogen and oxygen atoms in total. The Hall–Kier alpha value is -0.860. The van der Waals surface area contributed by atoms with Crippen LogP contribution in [0.1, 0.15) is 52.0 Å². The van der Waals surface area contributed by atoms with Crippen molar-refractivity contribution in [3.05, 3.63) is 35.9 Å². The lowest BCUT2D eigenvalue weighted by atomic mass is 9.68. The van der Waals surface area contributed by atoms with Gasteiger partial charge < -0.3 is 10.5 Å².